The number of rotatable bonds is 5. The molecule has 0 saturated heterocycles. The number of ether oxygens (including phenoxy) is 1. The Hall–Kier alpha value is -1.88. The topological polar surface area (TPSA) is 47.4 Å². The third-order valence-corrected chi connectivity index (χ3v) is 12.0. The molecule has 9 atom stereocenters. The maximum absolute atomic E-state index is 12.4. The van der Waals surface area contributed by atoms with Crippen molar-refractivity contribution in [1.82, 2.24) is 14.5 Å². The van der Waals surface area contributed by atoms with Crippen LogP contribution in [0.2, 0.25) is 0 Å². The summed E-state index contributed by atoms with van der Waals surface area (Å²) in [6, 6.07) is 9.34. The lowest BCUT2D eigenvalue weighted by molar-refractivity contribution is -0.164. The minimum Gasteiger partial charge on any atom is -0.460 e. The fourth-order valence-corrected chi connectivity index (χ4v) is 10.2. The van der Waals surface area contributed by atoms with E-state index in [0.717, 1.165) is 41.2 Å². The first-order valence-corrected chi connectivity index (χ1v) is 15.1. The smallest absolute Gasteiger partial charge is 0.302 e. The summed E-state index contributed by atoms with van der Waals surface area (Å²) in [5.74, 6) is 2.85. The zero-order chi connectivity index (χ0) is 25.9. The fraction of sp³-hybridized carbons (Fsp3) is 0.750. The Kier molecular flexibility index (Phi) is 6.45. The minimum absolute atomic E-state index is 0.0322. The van der Waals surface area contributed by atoms with Crippen LogP contribution in [0, 0.1) is 34.5 Å². The quantitative estimate of drug-likeness (QED) is 0.416. The van der Waals surface area contributed by atoms with Crippen LogP contribution in [0.1, 0.15) is 92.0 Å². The number of benzene rings is 1. The minimum atomic E-state index is -0.145. The van der Waals surface area contributed by atoms with Crippen LogP contribution >= 0.6 is 0 Å². The number of nitrogens with zero attached hydrogens (tertiary/aromatic N) is 3. The number of aromatic nitrogens is 2. The first-order valence-electron chi connectivity index (χ1n) is 15.1. The van der Waals surface area contributed by atoms with Crippen molar-refractivity contribution in [3.05, 3.63) is 30.6 Å². The van der Waals surface area contributed by atoms with Crippen LogP contribution in [0.3, 0.4) is 0 Å². The summed E-state index contributed by atoms with van der Waals surface area (Å²) in [6.45, 7) is 13.7. The molecule has 4 fully saturated rings. The highest BCUT2D eigenvalue weighted by atomic mass is 16.5. The Balaban J connectivity index is 1.31. The van der Waals surface area contributed by atoms with E-state index in [2.05, 4.69) is 61.4 Å². The molecule has 6 rings (SSSR count). The van der Waals surface area contributed by atoms with Crippen molar-refractivity contribution in [3.8, 4) is 0 Å². The van der Waals surface area contributed by atoms with Crippen molar-refractivity contribution in [2.45, 2.75) is 104 Å². The molecule has 4 saturated carbocycles. The fourth-order valence-electron chi connectivity index (χ4n) is 10.2. The van der Waals surface area contributed by atoms with Crippen molar-refractivity contribution in [2.75, 3.05) is 13.1 Å². The van der Waals surface area contributed by atoms with Gasteiger partial charge in [-0.15, -0.1) is 0 Å². The lowest BCUT2D eigenvalue weighted by Gasteiger charge is -2.61. The molecule has 1 aromatic heterocycles. The molecule has 0 unspecified atom stereocenters. The normalized spacial score (nSPS) is 41.3. The predicted molar refractivity (Wildman–Crippen MR) is 148 cm³/mol. The van der Waals surface area contributed by atoms with Gasteiger partial charge < -0.3 is 14.2 Å². The van der Waals surface area contributed by atoms with Gasteiger partial charge in [-0.3, -0.25) is 4.79 Å². The third kappa shape index (κ3) is 3.89. The van der Waals surface area contributed by atoms with E-state index < -0.39 is 0 Å². The zero-order valence-corrected chi connectivity index (χ0v) is 23.7. The standard InChI is InChI=1S/C32H47N3O2/c1-6-34(7-2)23-14-16-31(4)22(18-23)12-13-24-25(31)15-17-32(5)26(24)19-29(30(32)37-21(3)36)35-20-33-27-10-8-9-11-28(27)35/h8-11,20,22-26,29-30H,6-7,12-19H2,1-5H3/t22-,23-,24+,25-,26-,29-,30-,31-,32-/m0/s1. The number of fused-ring (bicyclic) bond motifs is 6. The zero-order valence-electron chi connectivity index (χ0n) is 23.7. The van der Waals surface area contributed by atoms with E-state index in [9.17, 15) is 4.79 Å². The summed E-state index contributed by atoms with van der Waals surface area (Å²) >= 11 is 0. The predicted octanol–water partition coefficient (Wildman–Crippen LogP) is 6.87. The summed E-state index contributed by atoms with van der Waals surface area (Å²) in [4.78, 5) is 19.8. The van der Waals surface area contributed by atoms with Crippen LogP contribution in [-0.4, -0.2) is 45.7 Å². The van der Waals surface area contributed by atoms with Gasteiger partial charge in [0.1, 0.15) is 6.10 Å². The molecular formula is C32H47N3O2. The third-order valence-electron chi connectivity index (χ3n) is 12.0. The van der Waals surface area contributed by atoms with Gasteiger partial charge in [0, 0.05) is 18.4 Å². The molecule has 0 amide bonds. The average molecular weight is 506 g/mol. The summed E-state index contributed by atoms with van der Waals surface area (Å²) in [6.07, 6.45) is 12.3. The van der Waals surface area contributed by atoms with Gasteiger partial charge in [-0.25, -0.2) is 4.98 Å². The molecule has 5 heteroatoms. The lowest BCUT2D eigenvalue weighted by atomic mass is 9.45. The molecule has 0 bridgehead atoms. The van der Waals surface area contributed by atoms with Gasteiger partial charge in [-0.2, -0.15) is 0 Å². The number of para-hydroxylation sites is 2. The number of hydrogen-bond donors (Lipinski definition) is 0. The van der Waals surface area contributed by atoms with E-state index in [0.29, 0.717) is 11.3 Å². The van der Waals surface area contributed by atoms with E-state index in [-0.39, 0.29) is 23.5 Å². The van der Waals surface area contributed by atoms with Crippen LogP contribution in [0.25, 0.3) is 11.0 Å². The first kappa shape index (κ1) is 25.4. The highest BCUT2D eigenvalue weighted by Gasteiger charge is 2.64. The highest BCUT2D eigenvalue weighted by molar-refractivity contribution is 5.75. The van der Waals surface area contributed by atoms with Gasteiger partial charge in [-0.1, -0.05) is 39.8 Å². The molecule has 2 aromatic rings. The molecule has 1 aromatic carbocycles. The van der Waals surface area contributed by atoms with Crippen LogP contribution < -0.4 is 0 Å². The summed E-state index contributed by atoms with van der Waals surface area (Å²) < 4.78 is 8.59. The lowest BCUT2D eigenvalue weighted by Crippen LogP contribution is -2.56. The van der Waals surface area contributed by atoms with E-state index in [1.807, 2.05) is 6.33 Å². The molecule has 0 aliphatic heterocycles. The van der Waals surface area contributed by atoms with E-state index in [1.165, 1.54) is 58.0 Å². The molecule has 202 valence electrons. The molecule has 1 heterocycles. The second kappa shape index (κ2) is 9.39. The SMILES string of the molecule is CCN(CC)[C@H]1CC[C@@]2(C)[C@@H](CC[C@@H]3[C@@H]2CC[C@@]2(C)[C@H]3C[C@H](n3cnc4ccccc43)[C@@H]2OC(C)=O)C1. The summed E-state index contributed by atoms with van der Waals surface area (Å²) in [5, 5.41) is 0. The van der Waals surface area contributed by atoms with Gasteiger partial charge in [0.15, 0.2) is 0 Å². The van der Waals surface area contributed by atoms with Crippen LogP contribution in [0.5, 0.6) is 0 Å². The molecule has 37 heavy (non-hydrogen) atoms. The molecule has 0 spiro atoms. The van der Waals surface area contributed by atoms with Crippen LogP contribution in [0.15, 0.2) is 30.6 Å². The number of hydrogen-bond acceptors (Lipinski definition) is 4. The Morgan fingerprint density at radius 3 is 2.54 bits per heavy atom. The number of carbonyl (C=O) groups excluding carboxylic acids is 1. The van der Waals surface area contributed by atoms with E-state index in [1.54, 1.807) is 6.92 Å². The van der Waals surface area contributed by atoms with Crippen molar-refractivity contribution < 1.29 is 9.53 Å². The molecule has 0 N–H and O–H groups in total. The van der Waals surface area contributed by atoms with Crippen molar-refractivity contribution in [3.63, 3.8) is 0 Å². The largest absolute Gasteiger partial charge is 0.460 e. The Morgan fingerprint density at radius 2 is 1.78 bits per heavy atom. The summed E-state index contributed by atoms with van der Waals surface area (Å²) in [7, 11) is 0. The van der Waals surface area contributed by atoms with Crippen LogP contribution in [0.4, 0.5) is 0 Å². The molecular weight excluding hydrogens is 458 g/mol. The van der Waals surface area contributed by atoms with Crippen molar-refractivity contribution >= 4 is 17.0 Å². The number of imidazole rings is 1. The maximum atomic E-state index is 12.4. The monoisotopic (exact) mass is 505 g/mol. The van der Waals surface area contributed by atoms with Crippen molar-refractivity contribution in [2.24, 2.45) is 34.5 Å². The van der Waals surface area contributed by atoms with Gasteiger partial charge in [-0.05, 0) is 106 Å². The number of esters is 1. The second-order valence-corrected chi connectivity index (χ2v) is 13.3. The maximum Gasteiger partial charge on any atom is 0.302 e. The Bertz CT molecular complexity index is 1140. The second-order valence-electron chi connectivity index (χ2n) is 13.3. The molecule has 5 nitrogen and oxygen atoms in total. The van der Waals surface area contributed by atoms with E-state index in [4.69, 9.17) is 9.72 Å². The first-order chi connectivity index (χ1) is 17.8. The van der Waals surface area contributed by atoms with Gasteiger partial charge in [0.25, 0.3) is 0 Å². The van der Waals surface area contributed by atoms with Crippen LogP contribution in [-0.2, 0) is 9.53 Å². The van der Waals surface area contributed by atoms with Gasteiger partial charge in [0.05, 0.1) is 23.4 Å². The van der Waals surface area contributed by atoms with Gasteiger partial charge >= 0.3 is 5.97 Å². The Labute approximate surface area is 223 Å². The van der Waals surface area contributed by atoms with Gasteiger partial charge in [0.2, 0.25) is 0 Å². The number of carbonyl (C=O) groups is 1. The molecule has 4 aliphatic carbocycles. The Morgan fingerprint density at radius 1 is 1.03 bits per heavy atom. The average Bonchev–Trinajstić information content (AvgIpc) is 3.43. The molecule has 0 radical (unpaired) electrons. The van der Waals surface area contributed by atoms with E-state index >= 15 is 0 Å². The summed E-state index contributed by atoms with van der Waals surface area (Å²) in [5.41, 5.74) is 2.68. The molecule has 4 aliphatic rings. The highest BCUT2D eigenvalue weighted by Crippen LogP contribution is 2.68. The van der Waals surface area contributed by atoms with Crippen molar-refractivity contribution in [1.29, 1.82) is 0 Å².